The molecule has 0 amide bonds. The quantitative estimate of drug-likeness (QED) is 0.300. The predicted octanol–water partition coefficient (Wildman–Crippen LogP) is 4.91. The summed E-state index contributed by atoms with van der Waals surface area (Å²) >= 11 is 0. The van der Waals surface area contributed by atoms with Gasteiger partial charge in [-0.05, 0) is 83.2 Å². The van der Waals surface area contributed by atoms with Crippen molar-refractivity contribution in [2.75, 3.05) is 7.11 Å². The van der Waals surface area contributed by atoms with E-state index >= 15 is 0 Å². The van der Waals surface area contributed by atoms with Crippen LogP contribution in [-0.2, 0) is 27.9 Å². The summed E-state index contributed by atoms with van der Waals surface area (Å²) in [6.45, 7) is 19.5. The second-order valence-electron chi connectivity index (χ2n) is 13.8. The van der Waals surface area contributed by atoms with Crippen molar-refractivity contribution in [3.63, 3.8) is 0 Å². The number of hydrogen-bond donors (Lipinski definition) is 0. The lowest BCUT2D eigenvalue weighted by Gasteiger charge is -2.52. The maximum atomic E-state index is 13.9. The molecule has 4 saturated carbocycles. The number of carbonyl (C=O) groups is 2. The van der Waals surface area contributed by atoms with Crippen LogP contribution in [0.15, 0.2) is 12.2 Å². The van der Waals surface area contributed by atoms with E-state index in [4.69, 9.17) is 18.3 Å². The normalized spacial score (nSPS) is 47.3. The van der Waals surface area contributed by atoms with Crippen LogP contribution in [0.5, 0.6) is 0 Å². The third-order valence-electron chi connectivity index (χ3n) is 9.64. The lowest BCUT2D eigenvalue weighted by Crippen LogP contribution is -2.63. The zero-order chi connectivity index (χ0) is 25.1. The molecule has 0 N–H and O–H groups in total. The van der Waals surface area contributed by atoms with Crippen LogP contribution in [0, 0.1) is 34.5 Å². The van der Waals surface area contributed by atoms with Crippen molar-refractivity contribution in [2.45, 2.75) is 96.1 Å². The fraction of sp³-hybridized carbons (Fsp3) is 0.846. The molecule has 34 heavy (non-hydrogen) atoms. The highest BCUT2D eigenvalue weighted by Crippen LogP contribution is 2.78. The number of rotatable bonds is 5. The molecule has 1 aliphatic heterocycles. The predicted molar refractivity (Wildman–Crippen MR) is 134 cm³/mol. The van der Waals surface area contributed by atoms with Gasteiger partial charge in [0, 0.05) is 18.3 Å². The Kier molecular flexibility index (Phi) is 5.30. The van der Waals surface area contributed by atoms with E-state index in [-0.39, 0.29) is 41.4 Å². The third-order valence-corrected chi connectivity index (χ3v) is 11.6. The van der Waals surface area contributed by atoms with Crippen LogP contribution >= 0.6 is 0 Å². The topological polar surface area (TPSA) is 71.1 Å². The highest BCUT2D eigenvalue weighted by Gasteiger charge is 2.86. The van der Waals surface area contributed by atoms with Crippen LogP contribution in [-0.4, -0.2) is 53.5 Å². The Balaban J connectivity index is 1.74. The summed E-state index contributed by atoms with van der Waals surface area (Å²) in [4.78, 5) is 27.6. The van der Waals surface area contributed by atoms with E-state index in [1.165, 1.54) is 12.7 Å². The minimum Gasteiger partial charge on any atom is -0.469 e. The molecule has 5 fully saturated rings. The Bertz CT molecular complexity index is 937. The van der Waals surface area contributed by atoms with E-state index in [1.807, 2.05) is 6.92 Å². The summed E-state index contributed by atoms with van der Waals surface area (Å²) in [5.74, 6) is -0.646. The van der Waals surface area contributed by atoms with Gasteiger partial charge in [0.25, 0.3) is 0 Å². The third kappa shape index (κ3) is 3.10. The molecule has 3 unspecified atom stereocenters. The van der Waals surface area contributed by atoms with Crippen molar-refractivity contribution >= 4 is 28.6 Å². The number of carbonyl (C=O) groups excluding carboxylic acids is 2. The number of esters is 2. The monoisotopic (exact) mass is 506 g/mol. The van der Waals surface area contributed by atoms with E-state index in [0.29, 0.717) is 12.3 Å². The summed E-state index contributed by atoms with van der Waals surface area (Å²) < 4.78 is 25.8. The number of allylic oxidation sites excluding steroid dienone is 1. The van der Waals surface area contributed by atoms with Crippen LogP contribution in [0.2, 0.25) is 39.3 Å². The van der Waals surface area contributed by atoms with Crippen molar-refractivity contribution in [1.29, 1.82) is 0 Å². The Morgan fingerprint density at radius 2 is 1.68 bits per heavy atom. The summed E-state index contributed by atoms with van der Waals surface area (Å²) in [6, 6.07) is 0. The van der Waals surface area contributed by atoms with E-state index in [9.17, 15) is 9.59 Å². The first-order valence-electron chi connectivity index (χ1n) is 12.9. The maximum Gasteiger partial charge on any atom is 0.315 e. The van der Waals surface area contributed by atoms with Crippen LogP contribution in [0.25, 0.3) is 0 Å². The van der Waals surface area contributed by atoms with Gasteiger partial charge in [0.05, 0.1) is 30.7 Å². The van der Waals surface area contributed by atoms with Gasteiger partial charge >= 0.3 is 11.9 Å². The van der Waals surface area contributed by atoms with Crippen molar-refractivity contribution in [1.82, 2.24) is 0 Å². The molecule has 1 heterocycles. The highest BCUT2D eigenvalue weighted by atomic mass is 28.4. The second kappa shape index (κ2) is 7.29. The van der Waals surface area contributed by atoms with Gasteiger partial charge in [-0.25, -0.2) is 0 Å². The zero-order valence-electron chi connectivity index (χ0n) is 22.2. The van der Waals surface area contributed by atoms with Gasteiger partial charge in [0.15, 0.2) is 16.6 Å². The standard InChI is InChI=1S/C26H42O6Si2/c1-15-13-25-14-16(15)10-11-17(25)26-19(32-34(7,8)9)12-18(31-33(4,5)6)24(2,23(28)30-26)21(26)20(25)22(27)29-3/h16-21H,1,10-14H2,2-9H3/t16-,17?,18+,19-,20-,21?,24?,25+,26+/m1/s1. The van der Waals surface area contributed by atoms with Crippen molar-refractivity contribution in [3.05, 3.63) is 12.2 Å². The molecule has 8 heteroatoms. The molecule has 1 saturated heterocycles. The summed E-state index contributed by atoms with van der Waals surface area (Å²) in [7, 11) is -2.53. The first-order valence-corrected chi connectivity index (χ1v) is 19.8. The average molecular weight is 507 g/mol. The molecule has 0 radical (unpaired) electrons. The molecule has 9 atom stereocenters. The average Bonchev–Trinajstić information content (AvgIpc) is 3.18. The van der Waals surface area contributed by atoms with E-state index in [2.05, 4.69) is 45.9 Å². The summed E-state index contributed by atoms with van der Waals surface area (Å²) in [5.41, 5.74) is -0.741. The second-order valence-corrected chi connectivity index (χ2v) is 22.7. The number of ether oxygens (including phenoxy) is 2. The molecule has 0 aromatic carbocycles. The summed E-state index contributed by atoms with van der Waals surface area (Å²) in [6.07, 6.45) is 3.75. The molecule has 0 aromatic rings. The van der Waals surface area contributed by atoms with Gasteiger partial charge in [-0.1, -0.05) is 12.2 Å². The van der Waals surface area contributed by atoms with Gasteiger partial charge in [-0.3, -0.25) is 9.59 Å². The van der Waals surface area contributed by atoms with Crippen LogP contribution in [0.1, 0.15) is 39.0 Å². The van der Waals surface area contributed by atoms with Crippen molar-refractivity contribution in [2.24, 2.45) is 34.5 Å². The molecule has 4 aliphatic carbocycles. The Labute approximate surface area is 206 Å². The molecule has 0 aromatic heterocycles. The van der Waals surface area contributed by atoms with Crippen LogP contribution < -0.4 is 0 Å². The smallest absolute Gasteiger partial charge is 0.315 e. The molecular weight excluding hydrogens is 464 g/mol. The first kappa shape index (κ1) is 24.7. The fourth-order valence-corrected chi connectivity index (χ4v) is 11.2. The minimum absolute atomic E-state index is 0.0737. The van der Waals surface area contributed by atoms with Crippen molar-refractivity contribution in [3.8, 4) is 0 Å². The van der Waals surface area contributed by atoms with Crippen LogP contribution in [0.4, 0.5) is 0 Å². The highest BCUT2D eigenvalue weighted by molar-refractivity contribution is 6.70. The Morgan fingerprint density at radius 3 is 2.26 bits per heavy atom. The minimum atomic E-state index is -2.00. The number of fused-ring (bicyclic) bond motifs is 1. The molecular formula is C26H42O6Si2. The molecule has 190 valence electrons. The molecule has 4 bridgehead atoms. The van der Waals surface area contributed by atoms with Gasteiger partial charge in [0.2, 0.25) is 0 Å². The number of methoxy groups -OCH3 is 1. The SMILES string of the molecule is C=C1C[C@]23C[C@H]1CCC2[C@@]12OC(=O)C(C)(C1[C@@H]3C(=O)OC)[C@@H](O[Si](C)(C)C)C[C@H]2O[Si](C)(C)C. The van der Waals surface area contributed by atoms with E-state index < -0.39 is 33.6 Å². The Hall–Kier alpha value is -0.966. The molecule has 5 rings (SSSR count). The van der Waals surface area contributed by atoms with Crippen molar-refractivity contribution < 1.29 is 27.9 Å². The summed E-state index contributed by atoms with van der Waals surface area (Å²) in [5, 5.41) is 0. The maximum absolute atomic E-state index is 13.9. The molecule has 6 nitrogen and oxygen atoms in total. The zero-order valence-corrected chi connectivity index (χ0v) is 24.2. The fourth-order valence-electron chi connectivity index (χ4n) is 8.86. The molecule has 5 aliphatic rings. The largest absolute Gasteiger partial charge is 0.469 e. The lowest BCUT2D eigenvalue weighted by molar-refractivity contribution is -0.174. The number of hydrogen-bond acceptors (Lipinski definition) is 6. The van der Waals surface area contributed by atoms with E-state index in [1.54, 1.807) is 0 Å². The van der Waals surface area contributed by atoms with E-state index in [0.717, 1.165) is 25.7 Å². The van der Waals surface area contributed by atoms with Gasteiger partial charge in [-0.2, -0.15) is 0 Å². The van der Waals surface area contributed by atoms with Crippen LogP contribution in [0.3, 0.4) is 0 Å². The Morgan fingerprint density at radius 1 is 1.06 bits per heavy atom. The first-order chi connectivity index (χ1) is 15.6. The van der Waals surface area contributed by atoms with Gasteiger partial charge < -0.3 is 18.3 Å². The van der Waals surface area contributed by atoms with Gasteiger partial charge in [-0.15, -0.1) is 0 Å². The molecule has 1 spiro atoms. The van der Waals surface area contributed by atoms with Gasteiger partial charge in [0.1, 0.15) is 5.60 Å². The lowest BCUT2D eigenvalue weighted by atomic mass is 9.58.